The number of non-ortho nitro benzene ring substituents is 1. The largest absolute Gasteiger partial charge is 0.433 e. The summed E-state index contributed by atoms with van der Waals surface area (Å²) in [7, 11) is 1.07. The van der Waals surface area contributed by atoms with Crippen LogP contribution in [0.2, 0.25) is 0 Å². The number of nitrogens with zero attached hydrogens (tertiary/aromatic N) is 3. The number of amides is 1. The van der Waals surface area contributed by atoms with Gasteiger partial charge in [-0.1, -0.05) is 0 Å². The molecule has 0 aliphatic carbocycles. The van der Waals surface area contributed by atoms with E-state index in [1.54, 1.807) is 0 Å². The Kier molecular flexibility index (Phi) is 4.99. The molecule has 128 valence electrons. The van der Waals surface area contributed by atoms with Gasteiger partial charge < -0.3 is 5.32 Å². The lowest BCUT2D eigenvalue weighted by Crippen LogP contribution is -2.14. The molecule has 2 aromatic rings. The monoisotopic (exact) mass is 470 g/mol. The van der Waals surface area contributed by atoms with Gasteiger partial charge in [-0.05, 0) is 31.9 Å². The topological polar surface area (TPSA) is 90.1 Å². The van der Waals surface area contributed by atoms with Crippen LogP contribution in [0.1, 0.15) is 16.2 Å². The van der Waals surface area contributed by atoms with Crippen molar-refractivity contribution in [2.24, 2.45) is 7.05 Å². The van der Waals surface area contributed by atoms with Crippen molar-refractivity contribution in [2.75, 3.05) is 5.32 Å². The fourth-order valence-corrected chi connectivity index (χ4v) is 3.17. The molecular weight excluding hydrogens is 465 g/mol. The SMILES string of the molecule is Cn1nc(C(=O)Nc2c(Br)cc([N+](=O)[O-])cc2Br)cc1C(F)(F)F. The van der Waals surface area contributed by atoms with E-state index < -0.39 is 28.4 Å². The summed E-state index contributed by atoms with van der Waals surface area (Å²) >= 11 is 6.13. The van der Waals surface area contributed by atoms with Crippen LogP contribution in [0, 0.1) is 10.1 Å². The molecule has 0 fully saturated rings. The summed E-state index contributed by atoms with van der Waals surface area (Å²) in [6.07, 6.45) is -4.64. The summed E-state index contributed by atoms with van der Waals surface area (Å²) in [5.74, 6) is -0.892. The second-order valence-corrected chi connectivity index (χ2v) is 6.24. The predicted octanol–water partition coefficient (Wildman–Crippen LogP) is 4.12. The van der Waals surface area contributed by atoms with Gasteiger partial charge in [0.15, 0.2) is 5.69 Å². The van der Waals surface area contributed by atoms with E-state index in [1.807, 2.05) is 0 Å². The molecule has 0 unspecified atom stereocenters. The van der Waals surface area contributed by atoms with Crippen LogP contribution in [0.15, 0.2) is 27.1 Å². The number of alkyl halides is 3. The molecule has 1 aromatic carbocycles. The van der Waals surface area contributed by atoms with Gasteiger partial charge in [-0.25, -0.2) is 0 Å². The van der Waals surface area contributed by atoms with E-state index in [2.05, 4.69) is 42.3 Å². The molecule has 24 heavy (non-hydrogen) atoms. The zero-order valence-corrected chi connectivity index (χ0v) is 14.9. The van der Waals surface area contributed by atoms with Crippen LogP contribution in [0.5, 0.6) is 0 Å². The standard InChI is InChI=1S/C12H7Br2F3N4O3/c1-20-9(12(15,16)17)4-8(19-20)11(22)18-10-6(13)2-5(21(23)24)3-7(10)14/h2-4H,1H3,(H,18,22). The van der Waals surface area contributed by atoms with E-state index in [9.17, 15) is 28.1 Å². The third-order valence-corrected chi connectivity index (χ3v) is 4.13. The quantitative estimate of drug-likeness (QED) is 0.538. The van der Waals surface area contributed by atoms with Gasteiger partial charge >= 0.3 is 6.18 Å². The maximum absolute atomic E-state index is 12.7. The molecule has 12 heteroatoms. The van der Waals surface area contributed by atoms with Crippen molar-refractivity contribution in [3.8, 4) is 0 Å². The first-order chi connectivity index (χ1) is 11.0. The molecule has 0 bridgehead atoms. The highest BCUT2D eigenvalue weighted by Gasteiger charge is 2.35. The average molecular weight is 472 g/mol. The number of anilines is 1. The molecule has 1 heterocycles. The van der Waals surface area contributed by atoms with Gasteiger partial charge in [0.2, 0.25) is 0 Å². The molecule has 0 aliphatic rings. The molecule has 1 amide bonds. The summed E-state index contributed by atoms with van der Waals surface area (Å²) in [6, 6.07) is 2.92. The molecule has 0 atom stereocenters. The third-order valence-electron chi connectivity index (χ3n) is 2.88. The second-order valence-electron chi connectivity index (χ2n) is 4.53. The van der Waals surface area contributed by atoms with Gasteiger partial charge in [0.25, 0.3) is 11.6 Å². The summed E-state index contributed by atoms with van der Waals surface area (Å²) < 4.78 is 39.1. The Balaban J connectivity index is 2.33. The fourth-order valence-electron chi connectivity index (χ4n) is 1.81. The maximum atomic E-state index is 12.7. The van der Waals surface area contributed by atoms with Crippen LogP contribution in [-0.4, -0.2) is 20.6 Å². The number of carbonyl (C=O) groups excluding carboxylic acids is 1. The van der Waals surface area contributed by atoms with Gasteiger partial charge in [-0.2, -0.15) is 18.3 Å². The van der Waals surface area contributed by atoms with Crippen LogP contribution >= 0.6 is 31.9 Å². The van der Waals surface area contributed by atoms with E-state index in [1.165, 1.54) is 0 Å². The number of halogens is 5. The fraction of sp³-hybridized carbons (Fsp3) is 0.167. The Hall–Kier alpha value is -1.95. The van der Waals surface area contributed by atoms with Gasteiger partial charge in [-0.3, -0.25) is 19.6 Å². The van der Waals surface area contributed by atoms with Crippen molar-refractivity contribution in [1.82, 2.24) is 9.78 Å². The van der Waals surface area contributed by atoms with Crippen LogP contribution in [0.4, 0.5) is 24.5 Å². The molecule has 0 aliphatic heterocycles. The van der Waals surface area contributed by atoms with Crippen molar-refractivity contribution in [2.45, 2.75) is 6.18 Å². The summed E-state index contributed by atoms with van der Waals surface area (Å²) in [5, 5.41) is 16.6. The summed E-state index contributed by atoms with van der Waals surface area (Å²) in [4.78, 5) is 22.2. The number of carbonyl (C=O) groups is 1. The molecule has 2 rings (SSSR count). The number of rotatable bonds is 3. The minimum absolute atomic E-state index is 0.129. The predicted molar refractivity (Wildman–Crippen MR) is 84.7 cm³/mol. The van der Waals surface area contributed by atoms with Crippen LogP contribution in [-0.2, 0) is 13.2 Å². The van der Waals surface area contributed by atoms with Gasteiger partial charge in [0, 0.05) is 34.2 Å². The first-order valence-corrected chi connectivity index (χ1v) is 7.65. The zero-order valence-electron chi connectivity index (χ0n) is 11.7. The Morgan fingerprint density at radius 3 is 2.25 bits per heavy atom. The molecule has 0 saturated carbocycles. The van der Waals surface area contributed by atoms with Crippen molar-refractivity contribution in [3.05, 3.63) is 48.6 Å². The molecule has 1 N–H and O–H groups in total. The van der Waals surface area contributed by atoms with E-state index >= 15 is 0 Å². The second kappa shape index (κ2) is 6.51. The van der Waals surface area contributed by atoms with Gasteiger partial charge in [0.1, 0.15) is 5.69 Å². The Bertz CT molecular complexity index is 812. The van der Waals surface area contributed by atoms with E-state index in [4.69, 9.17) is 0 Å². The first kappa shape index (κ1) is 18.4. The van der Waals surface area contributed by atoms with E-state index in [0.29, 0.717) is 10.7 Å². The molecule has 1 aromatic heterocycles. The van der Waals surface area contributed by atoms with Crippen LogP contribution in [0.25, 0.3) is 0 Å². The highest BCUT2D eigenvalue weighted by atomic mass is 79.9. The average Bonchev–Trinajstić information content (AvgIpc) is 2.84. The number of nitro groups is 1. The number of aromatic nitrogens is 2. The summed E-state index contributed by atoms with van der Waals surface area (Å²) in [6.45, 7) is 0. The lowest BCUT2D eigenvalue weighted by molar-refractivity contribution is -0.385. The Morgan fingerprint density at radius 1 is 1.29 bits per heavy atom. The number of hydrogen-bond donors (Lipinski definition) is 1. The molecule has 7 nitrogen and oxygen atoms in total. The zero-order chi connectivity index (χ0) is 18.2. The van der Waals surface area contributed by atoms with Crippen molar-refractivity contribution in [3.63, 3.8) is 0 Å². The first-order valence-electron chi connectivity index (χ1n) is 6.06. The lowest BCUT2D eigenvalue weighted by Gasteiger charge is -2.08. The highest BCUT2D eigenvalue weighted by Crippen LogP contribution is 2.35. The number of hydrogen-bond acceptors (Lipinski definition) is 4. The van der Waals surface area contributed by atoms with E-state index in [0.717, 1.165) is 19.2 Å². The Morgan fingerprint density at radius 2 is 1.83 bits per heavy atom. The minimum Gasteiger partial charge on any atom is -0.319 e. The normalized spacial score (nSPS) is 11.4. The number of aryl methyl sites for hydroxylation is 1. The molecule has 0 radical (unpaired) electrons. The molecule has 0 saturated heterocycles. The van der Waals surface area contributed by atoms with Crippen LogP contribution < -0.4 is 5.32 Å². The van der Waals surface area contributed by atoms with Crippen molar-refractivity contribution >= 4 is 49.1 Å². The number of nitro benzene ring substituents is 1. The number of benzene rings is 1. The van der Waals surface area contributed by atoms with Gasteiger partial charge in [0.05, 0.1) is 10.6 Å². The van der Waals surface area contributed by atoms with E-state index in [-0.39, 0.29) is 20.3 Å². The van der Waals surface area contributed by atoms with Crippen molar-refractivity contribution < 1.29 is 22.9 Å². The lowest BCUT2D eigenvalue weighted by atomic mass is 10.2. The minimum atomic E-state index is -4.64. The maximum Gasteiger partial charge on any atom is 0.433 e. The van der Waals surface area contributed by atoms with Crippen molar-refractivity contribution in [1.29, 1.82) is 0 Å². The Labute approximate surface area is 149 Å². The molecule has 0 spiro atoms. The highest BCUT2D eigenvalue weighted by molar-refractivity contribution is 9.11. The third kappa shape index (κ3) is 3.75. The number of nitrogens with one attached hydrogen (secondary N) is 1. The van der Waals surface area contributed by atoms with Crippen LogP contribution in [0.3, 0.4) is 0 Å². The summed E-state index contributed by atoms with van der Waals surface area (Å²) in [5.41, 5.74) is -1.62. The van der Waals surface area contributed by atoms with Gasteiger partial charge in [-0.15, -0.1) is 0 Å². The smallest absolute Gasteiger partial charge is 0.319 e. The molecular formula is C12H7Br2F3N4O3.